The van der Waals surface area contributed by atoms with Gasteiger partial charge < -0.3 is 5.11 Å². The third-order valence-corrected chi connectivity index (χ3v) is 2.18. The summed E-state index contributed by atoms with van der Waals surface area (Å²) in [7, 11) is 1.48. The van der Waals surface area contributed by atoms with E-state index in [2.05, 4.69) is 4.99 Å². The van der Waals surface area contributed by atoms with Gasteiger partial charge in [-0.15, -0.1) is 0 Å². The van der Waals surface area contributed by atoms with E-state index in [0.717, 1.165) is 0 Å². The maximum Gasteiger partial charge on any atom is 0.211 e. The van der Waals surface area contributed by atoms with Crippen molar-refractivity contribution in [3.05, 3.63) is 21.4 Å². The molecule has 0 aromatic heterocycles. The van der Waals surface area contributed by atoms with Crippen molar-refractivity contribution in [2.75, 3.05) is 7.05 Å². The van der Waals surface area contributed by atoms with Gasteiger partial charge in [-0.1, -0.05) is 23.2 Å². The summed E-state index contributed by atoms with van der Waals surface area (Å²) in [5.74, 6) is -0.804. The molecule has 0 unspecified atom stereocenters. The number of nitrogens with zero attached hydrogens (tertiary/aromatic N) is 1. The normalized spacial score (nSPS) is 18.8. The van der Waals surface area contributed by atoms with Crippen LogP contribution >= 0.6 is 23.2 Å². The molecule has 0 aliphatic heterocycles. The van der Waals surface area contributed by atoms with Crippen LogP contribution < -0.4 is 0 Å². The summed E-state index contributed by atoms with van der Waals surface area (Å²) in [6.45, 7) is 0. The molecule has 0 amide bonds. The van der Waals surface area contributed by atoms with Crippen LogP contribution in [0.3, 0.4) is 0 Å². The van der Waals surface area contributed by atoms with Gasteiger partial charge in [0.15, 0.2) is 0 Å². The van der Waals surface area contributed by atoms with Crippen LogP contribution in [-0.4, -0.2) is 24.2 Å². The van der Waals surface area contributed by atoms with Crippen LogP contribution in [0.15, 0.2) is 26.4 Å². The molecule has 3 nitrogen and oxygen atoms in total. The standard InChI is InChI=1S/C7H5Cl2NO2/c1-10-2-3-6(11)4(8)5(9)7(3)12/h2,11H,1H3. The van der Waals surface area contributed by atoms with E-state index in [1.54, 1.807) is 0 Å². The predicted octanol–water partition coefficient (Wildman–Crippen LogP) is 1.77. The van der Waals surface area contributed by atoms with Gasteiger partial charge in [-0.2, -0.15) is 0 Å². The minimum atomic E-state index is -0.496. The van der Waals surface area contributed by atoms with E-state index >= 15 is 0 Å². The van der Waals surface area contributed by atoms with E-state index in [-0.39, 0.29) is 21.4 Å². The molecule has 5 heteroatoms. The molecule has 0 bridgehead atoms. The summed E-state index contributed by atoms with van der Waals surface area (Å²) in [5, 5.41) is 8.95. The molecule has 12 heavy (non-hydrogen) atoms. The second kappa shape index (κ2) is 3.29. The zero-order valence-electron chi connectivity index (χ0n) is 6.14. The fraction of sp³-hybridized carbons (Fsp3) is 0.143. The van der Waals surface area contributed by atoms with E-state index in [0.29, 0.717) is 0 Å². The van der Waals surface area contributed by atoms with Crippen molar-refractivity contribution < 1.29 is 9.90 Å². The lowest BCUT2D eigenvalue weighted by atomic mass is 10.2. The van der Waals surface area contributed by atoms with Gasteiger partial charge in [0.05, 0.1) is 5.57 Å². The topological polar surface area (TPSA) is 49.7 Å². The Morgan fingerprint density at radius 3 is 2.33 bits per heavy atom. The van der Waals surface area contributed by atoms with Gasteiger partial charge >= 0.3 is 0 Å². The molecule has 0 atom stereocenters. The molecule has 0 fully saturated rings. The molecule has 1 rings (SSSR count). The molecule has 0 aromatic carbocycles. The first-order chi connectivity index (χ1) is 5.59. The lowest BCUT2D eigenvalue weighted by molar-refractivity contribution is -0.111. The second-order valence-corrected chi connectivity index (χ2v) is 2.86. The van der Waals surface area contributed by atoms with Crippen molar-refractivity contribution in [1.29, 1.82) is 0 Å². The summed E-state index contributed by atoms with van der Waals surface area (Å²) in [4.78, 5) is 14.7. The highest BCUT2D eigenvalue weighted by Crippen LogP contribution is 2.31. The highest BCUT2D eigenvalue weighted by molar-refractivity contribution is 6.55. The molecule has 1 aliphatic carbocycles. The molecule has 0 saturated carbocycles. The van der Waals surface area contributed by atoms with Crippen molar-refractivity contribution in [2.45, 2.75) is 0 Å². The molecule has 64 valence electrons. The Morgan fingerprint density at radius 2 is 2.00 bits per heavy atom. The number of hydrogen-bond donors (Lipinski definition) is 1. The number of ketones is 1. The van der Waals surface area contributed by atoms with Crippen molar-refractivity contribution in [1.82, 2.24) is 0 Å². The zero-order valence-corrected chi connectivity index (χ0v) is 7.65. The van der Waals surface area contributed by atoms with E-state index in [1.165, 1.54) is 13.3 Å². The maximum atomic E-state index is 11.1. The first-order valence-electron chi connectivity index (χ1n) is 3.05. The summed E-state index contributed by atoms with van der Waals surface area (Å²) in [5.41, 5.74) is 0.0347. The Labute approximate surface area is 79.0 Å². The fourth-order valence-electron chi connectivity index (χ4n) is 0.797. The summed E-state index contributed by atoms with van der Waals surface area (Å²) in [6, 6.07) is 0. The van der Waals surface area contributed by atoms with Crippen LogP contribution in [0.5, 0.6) is 0 Å². The molecule has 0 spiro atoms. The van der Waals surface area contributed by atoms with E-state index in [4.69, 9.17) is 23.2 Å². The molecule has 1 N–H and O–H groups in total. The van der Waals surface area contributed by atoms with E-state index < -0.39 is 5.78 Å². The van der Waals surface area contributed by atoms with Crippen LogP contribution in [-0.2, 0) is 4.79 Å². The molecule has 1 aliphatic rings. The third kappa shape index (κ3) is 1.26. The van der Waals surface area contributed by atoms with Gasteiger partial charge in [0.25, 0.3) is 0 Å². The number of aliphatic hydroxyl groups is 1. The number of aliphatic imine (C=N–C) groups is 1. The Morgan fingerprint density at radius 1 is 1.42 bits per heavy atom. The predicted molar refractivity (Wildman–Crippen MR) is 47.8 cm³/mol. The van der Waals surface area contributed by atoms with Gasteiger partial charge in [0.1, 0.15) is 15.8 Å². The van der Waals surface area contributed by atoms with Gasteiger partial charge in [-0.25, -0.2) is 0 Å². The fourth-order valence-corrected chi connectivity index (χ4v) is 1.18. The Hall–Kier alpha value is -0.800. The number of carbonyl (C=O) groups is 1. The van der Waals surface area contributed by atoms with E-state index in [9.17, 15) is 9.90 Å². The summed E-state index contributed by atoms with van der Waals surface area (Å²) >= 11 is 11.0. The van der Waals surface area contributed by atoms with Crippen LogP contribution in [0, 0.1) is 0 Å². The van der Waals surface area contributed by atoms with E-state index in [1.807, 2.05) is 0 Å². The lowest BCUT2D eigenvalue weighted by Gasteiger charge is -1.91. The lowest BCUT2D eigenvalue weighted by Crippen LogP contribution is -2.00. The average molecular weight is 206 g/mol. The van der Waals surface area contributed by atoms with Crippen molar-refractivity contribution in [3.8, 4) is 0 Å². The van der Waals surface area contributed by atoms with Gasteiger partial charge in [0, 0.05) is 13.3 Å². The first kappa shape index (κ1) is 9.29. The number of rotatable bonds is 1. The minimum absolute atomic E-state index is 0.0347. The Balaban J connectivity index is 3.17. The number of aliphatic hydroxyl groups excluding tert-OH is 1. The Kier molecular flexibility index (Phi) is 2.55. The molecular formula is C7H5Cl2NO2. The first-order valence-corrected chi connectivity index (χ1v) is 3.81. The third-order valence-electron chi connectivity index (χ3n) is 1.36. The smallest absolute Gasteiger partial charge is 0.211 e. The molecule has 0 aromatic rings. The van der Waals surface area contributed by atoms with Crippen LogP contribution in [0.25, 0.3) is 0 Å². The zero-order chi connectivity index (χ0) is 9.30. The summed E-state index contributed by atoms with van der Waals surface area (Å²) in [6.07, 6.45) is 1.22. The highest BCUT2D eigenvalue weighted by Gasteiger charge is 2.29. The highest BCUT2D eigenvalue weighted by atomic mass is 35.5. The second-order valence-electron chi connectivity index (χ2n) is 2.11. The Bertz CT molecular complexity index is 328. The monoisotopic (exact) mass is 205 g/mol. The molecule has 0 saturated heterocycles. The number of halogens is 2. The number of allylic oxidation sites excluding steroid dienone is 3. The number of hydrogen-bond acceptors (Lipinski definition) is 3. The quantitative estimate of drug-likeness (QED) is 0.664. The molecule has 0 radical (unpaired) electrons. The summed E-state index contributed by atoms with van der Waals surface area (Å²) < 4.78 is 0. The van der Waals surface area contributed by atoms with Crippen molar-refractivity contribution in [2.24, 2.45) is 4.99 Å². The van der Waals surface area contributed by atoms with Crippen LogP contribution in [0.4, 0.5) is 0 Å². The van der Waals surface area contributed by atoms with Gasteiger partial charge in [0.2, 0.25) is 5.78 Å². The largest absolute Gasteiger partial charge is 0.505 e. The SMILES string of the molecule is CN=CC1=C(O)C(Cl)=C(Cl)C1=O. The number of Topliss-reactive ketones (excluding diaryl/α,β-unsaturated/α-hetero) is 1. The van der Waals surface area contributed by atoms with Crippen LogP contribution in [0.2, 0.25) is 0 Å². The molecule has 0 heterocycles. The van der Waals surface area contributed by atoms with Gasteiger partial charge in [-0.3, -0.25) is 9.79 Å². The number of carbonyl (C=O) groups excluding carboxylic acids is 1. The van der Waals surface area contributed by atoms with Crippen molar-refractivity contribution >= 4 is 35.2 Å². The minimum Gasteiger partial charge on any atom is -0.505 e. The molecular weight excluding hydrogens is 201 g/mol. The van der Waals surface area contributed by atoms with Crippen molar-refractivity contribution in [3.63, 3.8) is 0 Å². The maximum absolute atomic E-state index is 11.1. The van der Waals surface area contributed by atoms with Crippen LogP contribution in [0.1, 0.15) is 0 Å². The average Bonchev–Trinajstić information content (AvgIpc) is 2.23. The van der Waals surface area contributed by atoms with Gasteiger partial charge in [-0.05, 0) is 0 Å².